The molecule has 0 aromatic heterocycles. The number of rotatable bonds is 6. The number of hydrogen-bond donors (Lipinski definition) is 2. The van der Waals surface area contributed by atoms with Crippen LogP contribution in [-0.4, -0.2) is 57.3 Å². The number of ether oxygens (including phenoxy) is 1. The van der Waals surface area contributed by atoms with E-state index in [0.717, 1.165) is 12.8 Å². The fourth-order valence-electron chi connectivity index (χ4n) is 1.55. The predicted molar refractivity (Wildman–Crippen MR) is 60.2 cm³/mol. The number of aliphatic hydroxyl groups excluding tert-OH is 1. The van der Waals surface area contributed by atoms with Crippen molar-refractivity contribution in [3.05, 3.63) is 0 Å². The molecule has 0 aromatic carbocycles. The average molecular weight is 252 g/mol. The molecule has 1 atom stereocenters. The Bertz CT molecular complexity index is 288. The lowest BCUT2D eigenvalue weighted by molar-refractivity contribution is 0.0769. The summed E-state index contributed by atoms with van der Waals surface area (Å²) < 4.78 is 32.6. The monoisotopic (exact) mass is 252 g/mol. The van der Waals surface area contributed by atoms with E-state index in [2.05, 4.69) is 4.72 Å². The largest absolute Gasteiger partial charge is 0.396 e. The van der Waals surface area contributed by atoms with Gasteiger partial charge in [-0.25, -0.2) is 0 Å². The Morgan fingerprint density at radius 1 is 1.56 bits per heavy atom. The van der Waals surface area contributed by atoms with Gasteiger partial charge in [0.1, 0.15) is 0 Å². The van der Waals surface area contributed by atoms with Gasteiger partial charge in [0.15, 0.2) is 0 Å². The second kappa shape index (κ2) is 6.51. The lowest BCUT2D eigenvalue weighted by Crippen LogP contribution is -2.47. The zero-order valence-electron chi connectivity index (χ0n) is 9.55. The highest BCUT2D eigenvalue weighted by atomic mass is 32.2. The summed E-state index contributed by atoms with van der Waals surface area (Å²) in [6, 6.07) is -0.129. The molecule has 1 fully saturated rings. The maximum Gasteiger partial charge on any atom is 0.279 e. The molecule has 6 nitrogen and oxygen atoms in total. The molecule has 0 spiro atoms. The molecule has 0 amide bonds. The average Bonchev–Trinajstić information content (AvgIpc) is 2.26. The van der Waals surface area contributed by atoms with E-state index >= 15 is 0 Å². The van der Waals surface area contributed by atoms with Gasteiger partial charge in [0, 0.05) is 32.8 Å². The molecule has 1 heterocycles. The fraction of sp³-hybridized carbons (Fsp3) is 1.00. The van der Waals surface area contributed by atoms with E-state index in [4.69, 9.17) is 9.84 Å². The minimum atomic E-state index is -3.44. The van der Waals surface area contributed by atoms with Crippen LogP contribution in [0.15, 0.2) is 0 Å². The number of nitrogens with zero attached hydrogens (tertiary/aromatic N) is 1. The second-order valence-electron chi connectivity index (χ2n) is 3.94. The molecule has 96 valence electrons. The van der Waals surface area contributed by atoms with Crippen molar-refractivity contribution < 1.29 is 18.3 Å². The van der Waals surface area contributed by atoms with E-state index in [1.54, 1.807) is 0 Å². The number of aliphatic hydroxyl groups is 1. The minimum Gasteiger partial charge on any atom is -0.396 e. The molecular formula is C9H20N2O4S. The molecule has 0 saturated carbocycles. The van der Waals surface area contributed by atoms with Gasteiger partial charge < -0.3 is 9.84 Å². The first-order valence-electron chi connectivity index (χ1n) is 5.48. The molecule has 1 aliphatic heterocycles. The van der Waals surface area contributed by atoms with Crippen LogP contribution >= 0.6 is 0 Å². The van der Waals surface area contributed by atoms with Crippen LogP contribution in [0.25, 0.3) is 0 Å². The first-order chi connectivity index (χ1) is 7.56. The van der Waals surface area contributed by atoms with Gasteiger partial charge in [-0.2, -0.15) is 17.4 Å². The molecule has 7 heteroatoms. The van der Waals surface area contributed by atoms with E-state index < -0.39 is 10.2 Å². The summed E-state index contributed by atoms with van der Waals surface area (Å²) in [4.78, 5) is 0. The van der Waals surface area contributed by atoms with Crippen molar-refractivity contribution in [1.29, 1.82) is 0 Å². The summed E-state index contributed by atoms with van der Waals surface area (Å²) in [5.41, 5.74) is 0. The third-order valence-electron chi connectivity index (χ3n) is 2.52. The van der Waals surface area contributed by atoms with Crippen LogP contribution in [0.1, 0.15) is 19.3 Å². The molecule has 1 unspecified atom stereocenters. The van der Waals surface area contributed by atoms with E-state index in [1.165, 1.54) is 11.4 Å². The van der Waals surface area contributed by atoms with Gasteiger partial charge in [-0.1, -0.05) is 0 Å². The number of nitrogens with one attached hydrogen (secondary N) is 1. The smallest absolute Gasteiger partial charge is 0.279 e. The SMILES string of the molecule is CN(CCCO)S(=O)(=O)NC1CCCOC1. The van der Waals surface area contributed by atoms with Crippen LogP contribution in [0.5, 0.6) is 0 Å². The molecule has 1 saturated heterocycles. The van der Waals surface area contributed by atoms with Gasteiger partial charge in [0.05, 0.1) is 6.61 Å². The molecule has 16 heavy (non-hydrogen) atoms. The van der Waals surface area contributed by atoms with Crippen molar-refractivity contribution in [2.75, 3.05) is 33.4 Å². The Balaban J connectivity index is 2.42. The van der Waals surface area contributed by atoms with Crippen LogP contribution in [0, 0.1) is 0 Å². The Labute approximate surface area is 96.8 Å². The van der Waals surface area contributed by atoms with Gasteiger partial charge in [-0.3, -0.25) is 0 Å². The summed E-state index contributed by atoms with van der Waals surface area (Å²) in [5, 5.41) is 8.64. The van der Waals surface area contributed by atoms with Crippen LogP contribution in [-0.2, 0) is 14.9 Å². The van der Waals surface area contributed by atoms with Gasteiger partial charge in [-0.05, 0) is 19.3 Å². The topological polar surface area (TPSA) is 78.9 Å². The van der Waals surface area contributed by atoms with E-state index in [1.807, 2.05) is 0 Å². The van der Waals surface area contributed by atoms with Gasteiger partial charge in [0.2, 0.25) is 0 Å². The lowest BCUT2D eigenvalue weighted by atomic mass is 10.1. The fourth-order valence-corrected chi connectivity index (χ4v) is 2.70. The summed E-state index contributed by atoms with van der Waals surface area (Å²) in [6.07, 6.45) is 2.14. The first kappa shape index (κ1) is 13.9. The van der Waals surface area contributed by atoms with Crippen molar-refractivity contribution in [2.45, 2.75) is 25.3 Å². The highest BCUT2D eigenvalue weighted by Crippen LogP contribution is 2.08. The quantitative estimate of drug-likeness (QED) is 0.656. The third kappa shape index (κ3) is 4.34. The molecule has 1 aliphatic rings. The Hall–Kier alpha value is -0.210. The van der Waals surface area contributed by atoms with Crippen molar-refractivity contribution in [2.24, 2.45) is 0 Å². The van der Waals surface area contributed by atoms with Crippen molar-refractivity contribution >= 4 is 10.2 Å². The van der Waals surface area contributed by atoms with Gasteiger partial charge in [-0.15, -0.1) is 0 Å². The van der Waals surface area contributed by atoms with E-state index in [9.17, 15) is 8.42 Å². The molecule has 2 N–H and O–H groups in total. The zero-order valence-corrected chi connectivity index (χ0v) is 10.4. The first-order valence-corrected chi connectivity index (χ1v) is 6.92. The summed E-state index contributed by atoms with van der Waals surface area (Å²) >= 11 is 0. The minimum absolute atomic E-state index is 0.00754. The zero-order chi connectivity index (χ0) is 12.0. The van der Waals surface area contributed by atoms with E-state index in [-0.39, 0.29) is 12.6 Å². The third-order valence-corrected chi connectivity index (χ3v) is 4.15. The second-order valence-corrected chi connectivity index (χ2v) is 5.74. The summed E-state index contributed by atoms with van der Waals surface area (Å²) in [7, 11) is -1.94. The maximum atomic E-state index is 11.8. The highest BCUT2D eigenvalue weighted by Gasteiger charge is 2.23. The summed E-state index contributed by atoms with van der Waals surface area (Å²) in [5.74, 6) is 0. The Morgan fingerprint density at radius 2 is 2.31 bits per heavy atom. The van der Waals surface area contributed by atoms with Crippen LogP contribution in [0.4, 0.5) is 0 Å². The van der Waals surface area contributed by atoms with Crippen LogP contribution < -0.4 is 4.72 Å². The maximum absolute atomic E-state index is 11.8. The highest BCUT2D eigenvalue weighted by molar-refractivity contribution is 7.87. The van der Waals surface area contributed by atoms with Gasteiger partial charge in [0.25, 0.3) is 10.2 Å². The molecule has 1 rings (SSSR count). The van der Waals surface area contributed by atoms with Crippen molar-refractivity contribution in [1.82, 2.24) is 9.03 Å². The molecule has 0 bridgehead atoms. The molecule has 0 aromatic rings. The van der Waals surface area contributed by atoms with Crippen molar-refractivity contribution in [3.8, 4) is 0 Å². The Kier molecular flexibility index (Phi) is 5.63. The molecule has 0 radical (unpaired) electrons. The predicted octanol–water partition coefficient (Wildman–Crippen LogP) is -0.686. The van der Waals surface area contributed by atoms with Crippen LogP contribution in [0.3, 0.4) is 0 Å². The Morgan fingerprint density at radius 3 is 2.88 bits per heavy atom. The molecular weight excluding hydrogens is 232 g/mol. The number of hydrogen-bond acceptors (Lipinski definition) is 4. The lowest BCUT2D eigenvalue weighted by Gasteiger charge is -2.25. The normalized spacial score (nSPS) is 22.6. The van der Waals surface area contributed by atoms with E-state index in [0.29, 0.717) is 26.2 Å². The van der Waals surface area contributed by atoms with Crippen LogP contribution in [0.2, 0.25) is 0 Å². The standard InChI is InChI=1S/C9H20N2O4S/c1-11(5-3-6-12)16(13,14)10-9-4-2-7-15-8-9/h9-10,12H,2-8H2,1H3. The summed E-state index contributed by atoms with van der Waals surface area (Å²) in [6.45, 7) is 1.46. The molecule has 0 aliphatic carbocycles. The van der Waals surface area contributed by atoms with Gasteiger partial charge >= 0.3 is 0 Å². The van der Waals surface area contributed by atoms with Crippen molar-refractivity contribution in [3.63, 3.8) is 0 Å².